The summed E-state index contributed by atoms with van der Waals surface area (Å²) in [4.78, 5) is -3.10. The van der Waals surface area contributed by atoms with E-state index < -0.39 is 44.9 Å². The van der Waals surface area contributed by atoms with Gasteiger partial charge in [-0.3, -0.25) is 9.11 Å². The van der Waals surface area contributed by atoms with Crippen LogP contribution in [0.1, 0.15) is 0 Å². The van der Waals surface area contributed by atoms with Crippen LogP contribution < -0.4 is 5.14 Å². The second kappa shape index (κ2) is 4.25. The van der Waals surface area contributed by atoms with Crippen molar-refractivity contribution < 1.29 is 34.4 Å². The Bertz CT molecular complexity index is 789. The second-order valence-electron chi connectivity index (χ2n) is 3.10. The Morgan fingerprint density at radius 2 is 1.33 bits per heavy atom. The van der Waals surface area contributed by atoms with Crippen molar-refractivity contribution in [3.05, 3.63) is 18.2 Å². The minimum atomic E-state index is -4.91. The number of benzene rings is 1. The van der Waals surface area contributed by atoms with Crippen molar-refractivity contribution >= 4 is 30.3 Å². The van der Waals surface area contributed by atoms with Crippen molar-refractivity contribution in [1.29, 1.82) is 0 Å². The molecule has 0 aliphatic rings. The van der Waals surface area contributed by atoms with Crippen molar-refractivity contribution in [3.63, 3.8) is 0 Å². The highest BCUT2D eigenvalue weighted by atomic mass is 32.2. The third-order valence-corrected chi connectivity index (χ3v) is 4.64. The van der Waals surface area contributed by atoms with Gasteiger partial charge in [-0.1, -0.05) is 0 Å². The zero-order valence-corrected chi connectivity index (χ0v) is 10.8. The first-order valence-electron chi connectivity index (χ1n) is 3.95. The molecule has 18 heavy (non-hydrogen) atoms. The summed E-state index contributed by atoms with van der Waals surface area (Å²) in [7, 11) is -14.3. The van der Waals surface area contributed by atoms with Crippen LogP contribution in [0.5, 0.6) is 0 Å². The summed E-state index contributed by atoms with van der Waals surface area (Å²) in [5.74, 6) is 0. The largest absolute Gasteiger partial charge is 0.295 e. The Morgan fingerprint density at radius 3 is 1.67 bits per heavy atom. The molecule has 4 N–H and O–H groups in total. The molecule has 0 spiro atoms. The molecule has 0 aromatic heterocycles. The van der Waals surface area contributed by atoms with Crippen LogP contribution in [-0.2, 0) is 30.3 Å². The third kappa shape index (κ3) is 3.24. The maximum atomic E-state index is 11.1. The van der Waals surface area contributed by atoms with Gasteiger partial charge >= 0.3 is 0 Å². The van der Waals surface area contributed by atoms with Gasteiger partial charge in [0.1, 0.15) is 9.79 Å². The van der Waals surface area contributed by atoms with Crippen LogP contribution in [0.3, 0.4) is 0 Å². The van der Waals surface area contributed by atoms with Gasteiger partial charge in [0.2, 0.25) is 10.0 Å². The molecule has 0 amide bonds. The quantitative estimate of drug-likeness (QED) is 0.585. The first kappa shape index (κ1) is 15.0. The molecule has 0 bridgehead atoms. The van der Waals surface area contributed by atoms with E-state index in [0.717, 1.165) is 0 Å². The summed E-state index contributed by atoms with van der Waals surface area (Å²) in [6, 6.07) is 1.43. The van der Waals surface area contributed by atoms with Crippen LogP contribution in [0.15, 0.2) is 32.9 Å². The number of hydrogen-bond donors (Lipinski definition) is 3. The molecule has 0 aliphatic heterocycles. The first-order chi connectivity index (χ1) is 7.83. The highest BCUT2D eigenvalue weighted by Crippen LogP contribution is 2.23. The molecular formula is C6H7NO8S3. The molecule has 0 radical (unpaired) electrons. The van der Waals surface area contributed by atoms with Gasteiger partial charge in [-0.2, -0.15) is 16.8 Å². The van der Waals surface area contributed by atoms with Gasteiger partial charge in [0.25, 0.3) is 20.2 Å². The van der Waals surface area contributed by atoms with Crippen LogP contribution in [0.25, 0.3) is 0 Å². The topological polar surface area (TPSA) is 169 Å². The molecular weight excluding hydrogens is 310 g/mol. The van der Waals surface area contributed by atoms with E-state index >= 15 is 0 Å². The number of sulfonamides is 1. The Labute approximate surface area is 103 Å². The normalized spacial score (nSPS) is 13.5. The van der Waals surface area contributed by atoms with Crippen molar-refractivity contribution in [2.75, 3.05) is 0 Å². The fourth-order valence-electron chi connectivity index (χ4n) is 1.08. The molecule has 0 aliphatic carbocycles. The maximum absolute atomic E-state index is 11.1. The standard InChI is InChI=1S/C6H7NO8S3/c7-16(8,9)6-3-4(17(10,11)12)1-2-5(6)18(13,14)15/h1-3H,(H2,7,8,9)(H,10,11,12)(H,13,14,15). The van der Waals surface area contributed by atoms with E-state index in [0.29, 0.717) is 18.2 Å². The smallest absolute Gasteiger partial charge is 0.282 e. The zero-order valence-electron chi connectivity index (χ0n) is 8.38. The number of hydrogen-bond acceptors (Lipinski definition) is 6. The summed E-state index contributed by atoms with van der Waals surface area (Å²) in [6.45, 7) is 0. The van der Waals surface area contributed by atoms with E-state index in [4.69, 9.17) is 9.11 Å². The number of nitrogens with two attached hydrogens (primary N) is 1. The highest BCUT2D eigenvalue weighted by Gasteiger charge is 2.25. The average molecular weight is 317 g/mol. The minimum Gasteiger partial charge on any atom is -0.282 e. The maximum Gasteiger partial charge on any atom is 0.295 e. The molecule has 0 saturated carbocycles. The molecule has 1 aromatic rings. The van der Waals surface area contributed by atoms with Crippen molar-refractivity contribution in [2.24, 2.45) is 5.14 Å². The van der Waals surface area contributed by atoms with Gasteiger partial charge in [0.15, 0.2) is 0 Å². The Kier molecular flexibility index (Phi) is 3.55. The van der Waals surface area contributed by atoms with Gasteiger partial charge in [-0.25, -0.2) is 13.6 Å². The molecule has 0 atom stereocenters. The molecule has 0 fully saturated rings. The molecule has 0 heterocycles. The van der Waals surface area contributed by atoms with E-state index in [-0.39, 0.29) is 0 Å². The molecule has 1 aromatic carbocycles. The predicted octanol–water partition coefficient (Wildman–Crippen LogP) is -1.17. The van der Waals surface area contributed by atoms with Crippen LogP contribution >= 0.6 is 0 Å². The van der Waals surface area contributed by atoms with Crippen LogP contribution in [-0.4, -0.2) is 34.4 Å². The van der Waals surface area contributed by atoms with E-state index in [1.807, 2.05) is 0 Å². The molecule has 0 unspecified atom stereocenters. The van der Waals surface area contributed by atoms with Gasteiger partial charge in [0, 0.05) is 0 Å². The lowest BCUT2D eigenvalue weighted by Gasteiger charge is -2.06. The summed E-state index contributed by atoms with van der Waals surface area (Å²) < 4.78 is 83.0. The SMILES string of the molecule is NS(=O)(=O)c1cc(S(=O)(=O)O)ccc1S(=O)(=O)O. The number of primary sulfonamides is 1. The van der Waals surface area contributed by atoms with Crippen molar-refractivity contribution in [3.8, 4) is 0 Å². The Morgan fingerprint density at radius 1 is 0.833 bits per heavy atom. The predicted molar refractivity (Wildman–Crippen MR) is 57.4 cm³/mol. The summed E-state index contributed by atoms with van der Waals surface area (Å²) >= 11 is 0. The van der Waals surface area contributed by atoms with Gasteiger partial charge in [0.05, 0.1) is 4.90 Å². The summed E-state index contributed by atoms with van der Waals surface area (Å²) in [5.41, 5.74) is 0. The van der Waals surface area contributed by atoms with Gasteiger partial charge < -0.3 is 0 Å². The molecule has 102 valence electrons. The van der Waals surface area contributed by atoms with Crippen LogP contribution in [0.2, 0.25) is 0 Å². The first-order valence-corrected chi connectivity index (χ1v) is 8.38. The van der Waals surface area contributed by atoms with Crippen molar-refractivity contribution in [1.82, 2.24) is 0 Å². The summed E-state index contributed by atoms with van der Waals surface area (Å²) in [5, 5.41) is 4.69. The Balaban J connectivity index is 3.83. The highest BCUT2D eigenvalue weighted by molar-refractivity contribution is 7.91. The van der Waals surface area contributed by atoms with Gasteiger partial charge in [-0.15, -0.1) is 0 Å². The molecule has 9 nitrogen and oxygen atoms in total. The number of rotatable bonds is 3. The summed E-state index contributed by atoms with van der Waals surface area (Å²) in [6.07, 6.45) is 0. The third-order valence-electron chi connectivity index (χ3n) is 1.80. The average Bonchev–Trinajstić information content (AvgIpc) is 2.12. The monoisotopic (exact) mass is 317 g/mol. The lowest BCUT2D eigenvalue weighted by Crippen LogP contribution is -2.17. The molecule has 12 heteroatoms. The van der Waals surface area contributed by atoms with Crippen LogP contribution in [0.4, 0.5) is 0 Å². The minimum absolute atomic E-state index is 0.327. The zero-order chi connectivity index (χ0) is 14.4. The van der Waals surface area contributed by atoms with Crippen molar-refractivity contribution in [2.45, 2.75) is 14.7 Å². The fourth-order valence-corrected chi connectivity index (χ4v) is 3.52. The van der Waals surface area contributed by atoms with Crippen LogP contribution in [0, 0.1) is 0 Å². The van der Waals surface area contributed by atoms with E-state index in [1.165, 1.54) is 0 Å². The lowest BCUT2D eigenvalue weighted by molar-refractivity contribution is 0.475. The molecule has 0 saturated heterocycles. The molecule has 1 rings (SSSR count). The lowest BCUT2D eigenvalue weighted by atomic mass is 10.4. The van der Waals surface area contributed by atoms with Gasteiger partial charge in [-0.05, 0) is 18.2 Å². The second-order valence-corrected chi connectivity index (χ2v) is 7.45. The van der Waals surface area contributed by atoms with E-state index in [2.05, 4.69) is 5.14 Å². The van der Waals surface area contributed by atoms with E-state index in [9.17, 15) is 25.3 Å². The Hall–Kier alpha value is -1.05. The van der Waals surface area contributed by atoms with E-state index in [1.54, 1.807) is 0 Å². The fraction of sp³-hybridized carbons (Fsp3) is 0.